The lowest BCUT2D eigenvalue weighted by Gasteiger charge is -2.20. The molecule has 1 heterocycles. The predicted molar refractivity (Wildman–Crippen MR) is 104 cm³/mol. The molecule has 0 atom stereocenters. The second kappa shape index (κ2) is 7.31. The van der Waals surface area contributed by atoms with Crippen LogP contribution in [0.1, 0.15) is 11.3 Å². The number of amides is 1. The fraction of sp³-hybridized carbons (Fsp3) is 0.250. The Kier molecular flexibility index (Phi) is 5.13. The Balaban J connectivity index is 1.82. The van der Waals surface area contributed by atoms with E-state index in [-0.39, 0.29) is 5.91 Å². The molecule has 0 aliphatic carbocycles. The monoisotopic (exact) mass is 400 g/mol. The highest BCUT2D eigenvalue weighted by atomic mass is 79.9. The molecular formula is C20H21BrN2O2. The molecule has 5 heteroatoms. The first kappa shape index (κ1) is 17.5. The van der Waals surface area contributed by atoms with Crippen LogP contribution in [0, 0.1) is 6.92 Å². The van der Waals surface area contributed by atoms with Crippen molar-refractivity contribution >= 4 is 32.7 Å². The maximum absolute atomic E-state index is 12.8. The van der Waals surface area contributed by atoms with Crippen molar-refractivity contribution < 1.29 is 9.53 Å². The topological polar surface area (TPSA) is 34.5 Å². The molecule has 0 spiro atoms. The van der Waals surface area contributed by atoms with Crippen LogP contribution in [0.15, 0.2) is 53.0 Å². The molecule has 0 unspecified atom stereocenters. The van der Waals surface area contributed by atoms with Crippen molar-refractivity contribution in [3.05, 3.63) is 64.3 Å². The number of hydrogen-bond acceptors (Lipinski definition) is 2. The number of ether oxygens (including phenoxy) is 1. The van der Waals surface area contributed by atoms with Gasteiger partial charge in [-0.2, -0.15) is 0 Å². The normalized spacial score (nSPS) is 10.9. The zero-order valence-corrected chi connectivity index (χ0v) is 16.2. The van der Waals surface area contributed by atoms with Gasteiger partial charge in [-0.3, -0.25) is 4.79 Å². The third-order valence-corrected chi connectivity index (χ3v) is 5.47. The number of carbonyl (C=O) groups excluding carboxylic acids is 1. The highest BCUT2D eigenvalue weighted by Crippen LogP contribution is 2.30. The van der Waals surface area contributed by atoms with Gasteiger partial charge in [0.05, 0.1) is 7.11 Å². The second-order valence-electron chi connectivity index (χ2n) is 6.06. The zero-order valence-electron chi connectivity index (χ0n) is 14.6. The van der Waals surface area contributed by atoms with Crippen LogP contribution in [0.25, 0.3) is 10.9 Å². The Hall–Kier alpha value is -2.27. The van der Waals surface area contributed by atoms with Gasteiger partial charge in [-0.1, -0.05) is 36.4 Å². The number of methoxy groups -OCH3 is 1. The number of nitrogens with zero attached hydrogens (tertiary/aromatic N) is 2. The highest BCUT2D eigenvalue weighted by Gasteiger charge is 2.17. The number of likely N-dealkylation sites (N-methyl/N-ethyl adjacent to an activating group) is 1. The summed E-state index contributed by atoms with van der Waals surface area (Å²) in [6.07, 6.45) is 0. The second-order valence-corrected chi connectivity index (χ2v) is 6.86. The number of hydrogen-bond donors (Lipinski definition) is 0. The van der Waals surface area contributed by atoms with E-state index in [2.05, 4.69) is 26.6 Å². The van der Waals surface area contributed by atoms with Crippen molar-refractivity contribution in [3.63, 3.8) is 0 Å². The van der Waals surface area contributed by atoms with Gasteiger partial charge in [0.15, 0.2) is 0 Å². The van der Waals surface area contributed by atoms with Crippen LogP contribution in [0.2, 0.25) is 0 Å². The van der Waals surface area contributed by atoms with Gasteiger partial charge >= 0.3 is 0 Å². The van der Waals surface area contributed by atoms with Gasteiger partial charge in [0.2, 0.25) is 5.91 Å². The number of benzene rings is 2. The fourth-order valence-corrected chi connectivity index (χ4v) is 3.58. The molecule has 0 N–H and O–H groups in total. The van der Waals surface area contributed by atoms with E-state index < -0.39 is 0 Å². The molecule has 0 bridgehead atoms. The number of para-hydroxylation sites is 2. The van der Waals surface area contributed by atoms with Crippen molar-refractivity contribution in [2.24, 2.45) is 0 Å². The molecule has 25 heavy (non-hydrogen) atoms. The van der Waals surface area contributed by atoms with Gasteiger partial charge in [0.25, 0.3) is 0 Å². The van der Waals surface area contributed by atoms with E-state index in [4.69, 9.17) is 4.74 Å². The van der Waals surface area contributed by atoms with E-state index in [9.17, 15) is 4.79 Å². The molecule has 4 nitrogen and oxygen atoms in total. The van der Waals surface area contributed by atoms with Crippen LogP contribution in [-0.4, -0.2) is 29.5 Å². The number of halogens is 1. The molecule has 0 aliphatic rings. The summed E-state index contributed by atoms with van der Waals surface area (Å²) >= 11 is 3.64. The quantitative estimate of drug-likeness (QED) is 0.636. The summed E-state index contributed by atoms with van der Waals surface area (Å²) in [5, 5.41) is 1.13. The van der Waals surface area contributed by atoms with E-state index in [0.717, 1.165) is 32.4 Å². The first-order chi connectivity index (χ1) is 12.0. The number of aromatic nitrogens is 1. The van der Waals surface area contributed by atoms with Crippen LogP contribution in [0.5, 0.6) is 5.75 Å². The number of fused-ring (bicyclic) bond motifs is 1. The molecule has 3 aromatic rings. The van der Waals surface area contributed by atoms with Crippen LogP contribution >= 0.6 is 15.9 Å². The van der Waals surface area contributed by atoms with Crippen molar-refractivity contribution in [1.82, 2.24) is 9.47 Å². The third-order valence-electron chi connectivity index (χ3n) is 4.47. The summed E-state index contributed by atoms with van der Waals surface area (Å²) < 4.78 is 8.48. The lowest BCUT2D eigenvalue weighted by atomic mass is 10.2. The van der Waals surface area contributed by atoms with E-state index in [1.807, 2.05) is 56.4 Å². The summed E-state index contributed by atoms with van der Waals surface area (Å²) in [4.78, 5) is 14.5. The average molecular weight is 401 g/mol. The van der Waals surface area contributed by atoms with E-state index in [0.29, 0.717) is 13.1 Å². The molecule has 1 amide bonds. The van der Waals surface area contributed by atoms with Gasteiger partial charge in [-0.05, 0) is 35.0 Å². The molecule has 3 rings (SSSR count). The van der Waals surface area contributed by atoms with Gasteiger partial charge in [0, 0.05) is 40.2 Å². The maximum Gasteiger partial charge on any atom is 0.242 e. The maximum atomic E-state index is 12.8. The molecule has 0 fully saturated rings. The minimum atomic E-state index is 0.0576. The minimum absolute atomic E-state index is 0.0576. The van der Waals surface area contributed by atoms with E-state index >= 15 is 0 Å². The van der Waals surface area contributed by atoms with Crippen molar-refractivity contribution in [3.8, 4) is 5.75 Å². The molecule has 0 saturated heterocycles. The lowest BCUT2D eigenvalue weighted by molar-refractivity contribution is -0.131. The minimum Gasteiger partial charge on any atom is -0.496 e. The van der Waals surface area contributed by atoms with Gasteiger partial charge in [-0.25, -0.2) is 0 Å². The number of rotatable bonds is 5. The van der Waals surface area contributed by atoms with Gasteiger partial charge in [0.1, 0.15) is 12.3 Å². The first-order valence-electron chi connectivity index (χ1n) is 8.12. The molecular weight excluding hydrogens is 380 g/mol. The summed E-state index contributed by atoms with van der Waals surface area (Å²) in [5.41, 5.74) is 3.11. The molecule has 0 radical (unpaired) electrons. The molecule has 0 aliphatic heterocycles. The SMILES string of the molecule is COc1ccccc1CN(C)C(=O)Cn1c(C)c(Br)c2ccccc21. The Morgan fingerprint density at radius 3 is 2.60 bits per heavy atom. The average Bonchev–Trinajstić information content (AvgIpc) is 2.87. The van der Waals surface area contributed by atoms with Gasteiger partial charge < -0.3 is 14.2 Å². The van der Waals surface area contributed by atoms with Gasteiger partial charge in [-0.15, -0.1) is 0 Å². The predicted octanol–water partition coefficient (Wildman–Crippen LogP) is 4.38. The van der Waals surface area contributed by atoms with Crippen molar-refractivity contribution in [1.29, 1.82) is 0 Å². The zero-order chi connectivity index (χ0) is 18.0. The smallest absolute Gasteiger partial charge is 0.242 e. The summed E-state index contributed by atoms with van der Waals surface area (Å²) in [6.45, 7) is 2.85. The van der Waals surface area contributed by atoms with E-state index in [1.54, 1.807) is 12.0 Å². The number of carbonyl (C=O) groups is 1. The van der Waals surface area contributed by atoms with Crippen LogP contribution in [0.4, 0.5) is 0 Å². The molecule has 2 aromatic carbocycles. The van der Waals surface area contributed by atoms with Crippen LogP contribution in [0.3, 0.4) is 0 Å². The summed E-state index contributed by atoms with van der Waals surface area (Å²) in [5.74, 6) is 0.856. The Morgan fingerprint density at radius 2 is 1.84 bits per heavy atom. The van der Waals surface area contributed by atoms with Crippen LogP contribution < -0.4 is 4.74 Å². The largest absolute Gasteiger partial charge is 0.496 e. The summed E-state index contributed by atoms with van der Waals surface area (Å²) in [7, 11) is 3.47. The van der Waals surface area contributed by atoms with Crippen molar-refractivity contribution in [2.75, 3.05) is 14.2 Å². The first-order valence-corrected chi connectivity index (χ1v) is 8.91. The molecule has 130 valence electrons. The Labute approximate surface area is 156 Å². The summed E-state index contributed by atoms with van der Waals surface area (Å²) in [6, 6.07) is 15.9. The van der Waals surface area contributed by atoms with Crippen LogP contribution in [-0.2, 0) is 17.9 Å². The standard InChI is InChI=1S/C20H21BrN2O2/c1-14-20(21)16-9-5-6-10-17(16)23(14)13-19(24)22(2)12-15-8-4-7-11-18(15)25-3/h4-11H,12-13H2,1-3H3. The fourth-order valence-electron chi connectivity index (χ4n) is 3.03. The Bertz CT molecular complexity index is 917. The van der Waals surface area contributed by atoms with E-state index in [1.165, 1.54) is 0 Å². The highest BCUT2D eigenvalue weighted by molar-refractivity contribution is 9.10. The molecule has 0 saturated carbocycles. The lowest BCUT2D eigenvalue weighted by Crippen LogP contribution is -2.30. The third kappa shape index (κ3) is 3.42. The Morgan fingerprint density at radius 1 is 1.16 bits per heavy atom. The molecule has 1 aromatic heterocycles. The van der Waals surface area contributed by atoms with Crippen molar-refractivity contribution in [2.45, 2.75) is 20.0 Å².